The van der Waals surface area contributed by atoms with Gasteiger partial charge in [-0.25, -0.2) is 4.39 Å². The maximum absolute atomic E-state index is 12.9. The van der Waals surface area contributed by atoms with E-state index in [9.17, 15) is 4.39 Å². The monoisotopic (exact) mass is 219 g/mol. The fraction of sp³-hybridized carbons (Fsp3) is 0.571. The van der Waals surface area contributed by atoms with E-state index < -0.39 is 0 Å². The van der Waals surface area contributed by atoms with Crippen LogP contribution in [-0.4, -0.2) is 24.0 Å². The predicted molar refractivity (Wildman–Crippen MR) is 62.9 cm³/mol. The van der Waals surface area contributed by atoms with Crippen LogP contribution < -0.4 is 0 Å². The number of piperidine rings is 1. The molecule has 0 saturated carbocycles. The molecule has 2 fully saturated rings. The van der Waals surface area contributed by atoms with Crippen LogP contribution in [0.15, 0.2) is 24.3 Å². The second kappa shape index (κ2) is 3.85. The summed E-state index contributed by atoms with van der Waals surface area (Å²) in [6, 6.07) is 8.63. The number of rotatable bonds is 1. The SMILES string of the molecule is CN1C2CCC1CC(c1ccc(F)cc1)C2. The third kappa shape index (κ3) is 1.65. The van der Waals surface area contributed by atoms with Crippen molar-refractivity contribution in [1.29, 1.82) is 0 Å². The Morgan fingerprint density at radius 1 is 1.06 bits per heavy atom. The predicted octanol–water partition coefficient (Wildman–Crippen LogP) is 3.17. The lowest BCUT2D eigenvalue weighted by Crippen LogP contribution is -2.39. The molecule has 1 aromatic rings. The Hall–Kier alpha value is -0.890. The molecule has 2 heteroatoms. The van der Waals surface area contributed by atoms with Crippen molar-refractivity contribution in [3.05, 3.63) is 35.6 Å². The maximum atomic E-state index is 12.9. The first kappa shape index (κ1) is 10.3. The lowest BCUT2D eigenvalue weighted by molar-refractivity contribution is 0.161. The fourth-order valence-corrected chi connectivity index (χ4v) is 3.42. The Kier molecular flexibility index (Phi) is 2.47. The van der Waals surface area contributed by atoms with Gasteiger partial charge in [-0.1, -0.05) is 12.1 Å². The molecular formula is C14H18FN. The van der Waals surface area contributed by atoms with E-state index in [2.05, 4.69) is 11.9 Å². The van der Waals surface area contributed by atoms with Crippen LogP contribution in [0.4, 0.5) is 4.39 Å². The molecule has 2 saturated heterocycles. The van der Waals surface area contributed by atoms with Crippen molar-refractivity contribution < 1.29 is 4.39 Å². The molecule has 0 spiro atoms. The van der Waals surface area contributed by atoms with Crippen LogP contribution in [0.3, 0.4) is 0 Å². The molecule has 0 amide bonds. The van der Waals surface area contributed by atoms with Crippen LogP contribution in [0.1, 0.15) is 37.2 Å². The highest BCUT2D eigenvalue weighted by Crippen LogP contribution is 2.41. The molecule has 2 heterocycles. The van der Waals surface area contributed by atoms with Gasteiger partial charge in [0.05, 0.1) is 0 Å². The molecule has 0 radical (unpaired) electrons. The normalized spacial score (nSPS) is 34.2. The Bertz CT molecular complexity index is 359. The molecule has 2 aliphatic heterocycles. The van der Waals surface area contributed by atoms with Crippen molar-refractivity contribution in [3.8, 4) is 0 Å². The van der Waals surface area contributed by atoms with Gasteiger partial charge in [-0.15, -0.1) is 0 Å². The van der Waals surface area contributed by atoms with Gasteiger partial charge in [-0.05, 0) is 56.3 Å². The molecular weight excluding hydrogens is 201 g/mol. The molecule has 2 unspecified atom stereocenters. The maximum Gasteiger partial charge on any atom is 0.123 e. The summed E-state index contributed by atoms with van der Waals surface area (Å²) < 4.78 is 12.9. The van der Waals surface area contributed by atoms with Gasteiger partial charge in [0.25, 0.3) is 0 Å². The van der Waals surface area contributed by atoms with Gasteiger partial charge in [-0.2, -0.15) is 0 Å². The largest absolute Gasteiger partial charge is 0.300 e. The second-order valence-corrected chi connectivity index (χ2v) is 5.27. The van der Waals surface area contributed by atoms with Crippen LogP contribution >= 0.6 is 0 Å². The van der Waals surface area contributed by atoms with Crippen LogP contribution in [0, 0.1) is 5.82 Å². The molecule has 86 valence electrons. The minimum Gasteiger partial charge on any atom is -0.300 e. The van der Waals surface area contributed by atoms with Gasteiger partial charge in [0.2, 0.25) is 0 Å². The van der Waals surface area contributed by atoms with Crippen LogP contribution in [0.2, 0.25) is 0 Å². The average molecular weight is 219 g/mol. The van der Waals surface area contributed by atoms with Gasteiger partial charge in [0.1, 0.15) is 5.82 Å². The standard InChI is InChI=1S/C14H18FN/c1-16-13-6-7-14(16)9-11(8-13)10-2-4-12(15)5-3-10/h2-5,11,13-14H,6-9H2,1H3. The molecule has 0 aliphatic carbocycles. The summed E-state index contributed by atoms with van der Waals surface area (Å²) >= 11 is 0. The van der Waals surface area contributed by atoms with Crippen molar-refractivity contribution in [3.63, 3.8) is 0 Å². The van der Waals surface area contributed by atoms with E-state index in [1.54, 1.807) is 12.1 Å². The summed E-state index contributed by atoms with van der Waals surface area (Å²) in [6.07, 6.45) is 5.19. The van der Waals surface area contributed by atoms with E-state index in [-0.39, 0.29) is 5.82 Å². The highest BCUT2D eigenvalue weighted by Gasteiger charge is 2.38. The molecule has 2 bridgehead atoms. The van der Waals surface area contributed by atoms with E-state index >= 15 is 0 Å². The number of halogens is 1. The summed E-state index contributed by atoms with van der Waals surface area (Å²) in [5.41, 5.74) is 1.33. The first-order chi connectivity index (χ1) is 7.74. The van der Waals surface area contributed by atoms with Gasteiger partial charge < -0.3 is 4.90 Å². The summed E-state index contributed by atoms with van der Waals surface area (Å²) in [6.45, 7) is 0. The Balaban J connectivity index is 1.80. The minimum atomic E-state index is -0.125. The topological polar surface area (TPSA) is 3.24 Å². The Morgan fingerprint density at radius 2 is 1.62 bits per heavy atom. The highest BCUT2D eigenvalue weighted by atomic mass is 19.1. The van der Waals surface area contributed by atoms with Gasteiger partial charge >= 0.3 is 0 Å². The highest BCUT2D eigenvalue weighted by molar-refractivity contribution is 5.22. The van der Waals surface area contributed by atoms with Crippen molar-refractivity contribution >= 4 is 0 Å². The number of fused-ring (bicyclic) bond motifs is 2. The zero-order valence-corrected chi connectivity index (χ0v) is 9.70. The second-order valence-electron chi connectivity index (χ2n) is 5.27. The molecule has 0 aromatic heterocycles. The van der Waals surface area contributed by atoms with Crippen molar-refractivity contribution in [2.45, 2.75) is 43.7 Å². The van der Waals surface area contributed by atoms with Crippen molar-refractivity contribution in [1.82, 2.24) is 4.90 Å². The molecule has 1 nitrogen and oxygen atoms in total. The van der Waals surface area contributed by atoms with Gasteiger partial charge in [0, 0.05) is 12.1 Å². The smallest absolute Gasteiger partial charge is 0.123 e. The third-order valence-electron chi connectivity index (χ3n) is 4.44. The Labute approximate surface area is 96.3 Å². The minimum absolute atomic E-state index is 0.125. The number of hydrogen-bond donors (Lipinski definition) is 0. The number of benzene rings is 1. The average Bonchev–Trinajstić information content (AvgIpc) is 2.54. The Morgan fingerprint density at radius 3 is 2.19 bits per heavy atom. The quantitative estimate of drug-likeness (QED) is 0.701. The molecule has 0 N–H and O–H groups in total. The van der Waals surface area contributed by atoms with E-state index in [0.717, 1.165) is 12.1 Å². The number of nitrogens with zero attached hydrogens (tertiary/aromatic N) is 1. The number of hydrogen-bond acceptors (Lipinski definition) is 1. The van der Waals surface area contributed by atoms with Gasteiger partial charge in [-0.3, -0.25) is 0 Å². The van der Waals surface area contributed by atoms with E-state index in [0.29, 0.717) is 5.92 Å². The van der Waals surface area contributed by atoms with E-state index in [1.165, 1.54) is 31.2 Å². The van der Waals surface area contributed by atoms with Crippen molar-refractivity contribution in [2.24, 2.45) is 0 Å². The van der Waals surface area contributed by atoms with Crippen LogP contribution in [0.5, 0.6) is 0 Å². The van der Waals surface area contributed by atoms with Gasteiger partial charge in [0.15, 0.2) is 0 Å². The summed E-state index contributed by atoms with van der Waals surface area (Å²) in [4.78, 5) is 2.54. The first-order valence-corrected chi connectivity index (χ1v) is 6.21. The van der Waals surface area contributed by atoms with Crippen LogP contribution in [0.25, 0.3) is 0 Å². The third-order valence-corrected chi connectivity index (χ3v) is 4.44. The van der Waals surface area contributed by atoms with Crippen LogP contribution in [-0.2, 0) is 0 Å². The summed E-state index contributed by atoms with van der Waals surface area (Å²) in [5, 5.41) is 0. The molecule has 2 atom stereocenters. The zero-order chi connectivity index (χ0) is 11.1. The molecule has 3 rings (SSSR count). The molecule has 16 heavy (non-hydrogen) atoms. The lowest BCUT2D eigenvalue weighted by Gasteiger charge is -2.36. The molecule has 2 aliphatic rings. The van der Waals surface area contributed by atoms with E-state index in [1.807, 2.05) is 12.1 Å². The first-order valence-electron chi connectivity index (χ1n) is 6.21. The lowest BCUT2D eigenvalue weighted by atomic mass is 9.85. The fourth-order valence-electron chi connectivity index (χ4n) is 3.42. The summed E-state index contributed by atoms with van der Waals surface area (Å²) in [5.74, 6) is 0.522. The van der Waals surface area contributed by atoms with Crippen molar-refractivity contribution in [2.75, 3.05) is 7.05 Å². The zero-order valence-electron chi connectivity index (χ0n) is 9.70. The summed E-state index contributed by atoms with van der Waals surface area (Å²) in [7, 11) is 2.25. The molecule has 1 aromatic carbocycles. The van der Waals surface area contributed by atoms with E-state index in [4.69, 9.17) is 0 Å².